The zero-order valence-corrected chi connectivity index (χ0v) is 10.2. The Bertz CT molecular complexity index is 50.5. The first-order valence-corrected chi connectivity index (χ1v) is 6.06. The molecule has 53 valence electrons. The van der Waals surface area contributed by atoms with Crippen molar-refractivity contribution in [3.05, 3.63) is 0 Å². The standard InChI is InChI=1S/C8H17.Hf/c1-3-5-7-8-6-4-2;/h3H,4-8H2,1-2H3;. The first-order valence-electron chi connectivity index (χ1n) is 3.98. The quantitative estimate of drug-likeness (QED) is 0.538. The van der Waals surface area contributed by atoms with Crippen molar-refractivity contribution in [2.45, 2.75) is 49.6 Å². The monoisotopic (exact) mass is 293 g/mol. The third-order valence-corrected chi connectivity index (χ3v) is 2.53. The van der Waals surface area contributed by atoms with Crippen LogP contribution in [0.3, 0.4) is 0 Å². The number of hydrogen-bond acceptors (Lipinski definition) is 0. The molecule has 0 bridgehead atoms. The SMILES string of the molecule is CCCCCC[CH](C)[Hf]. The van der Waals surface area contributed by atoms with Crippen LogP contribution in [0.4, 0.5) is 0 Å². The molecule has 1 heteroatoms. The van der Waals surface area contributed by atoms with Crippen molar-refractivity contribution < 1.29 is 24.4 Å². The van der Waals surface area contributed by atoms with Gasteiger partial charge in [0.15, 0.2) is 0 Å². The van der Waals surface area contributed by atoms with Gasteiger partial charge in [-0.15, -0.1) is 0 Å². The second-order valence-electron chi connectivity index (χ2n) is 2.75. The summed E-state index contributed by atoms with van der Waals surface area (Å²) in [6.45, 7) is 4.63. The predicted octanol–water partition coefficient (Wildman–Crippen LogP) is 3.31. The van der Waals surface area contributed by atoms with E-state index in [-0.39, 0.29) is 0 Å². The molecular weight excluding hydrogens is 275 g/mol. The van der Waals surface area contributed by atoms with E-state index in [9.17, 15) is 0 Å². The van der Waals surface area contributed by atoms with E-state index in [0.717, 1.165) is 3.67 Å². The first-order chi connectivity index (χ1) is 4.27. The zero-order valence-electron chi connectivity index (χ0n) is 6.61. The topological polar surface area (TPSA) is 0 Å². The molecule has 0 spiro atoms. The Labute approximate surface area is 74.0 Å². The molecule has 0 amide bonds. The van der Waals surface area contributed by atoms with E-state index >= 15 is 0 Å². The summed E-state index contributed by atoms with van der Waals surface area (Å²) in [7, 11) is 0. The molecule has 0 aliphatic carbocycles. The Kier molecular flexibility index (Phi) is 7.66. The Morgan fingerprint density at radius 1 is 1.22 bits per heavy atom. The summed E-state index contributed by atoms with van der Waals surface area (Å²) in [6.07, 6.45) is 7.22. The summed E-state index contributed by atoms with van der Waals surface area (Å²) in [5, 5.41) is 0. The van der Waals surface area contributed by atoms with Crippen LogP contribution in [0.2, 0.25) is 3.67 Å². The molecule has 0 aromatic rings. The van der Waals surface area contributed by atoms with Crippen LogP contribution < -0.4 is 0 Å². The molecular formula is C8H17Hf. The van der Waals surface area contributed by atoms with Gasteiger partial charge in [-0.1, -0.05) is 0 Å². The van der Waals surface area contributed by atoms with E-state index in [1.54, 1.807) is 0 Å². The molecule has 9 heavy (non-hydrogen) atoms. The maximum absolute atomic E-state index is 2.36. The molecule has 1 atom stereocenters. The van der Waals surface area contributed by atoms with Crippen LogP contribution in [0.1, 0.15) is 46.0 Å². The van der Waals surface area contributed by atoms with Crippen molar-refractivity contribution in [3.63, 3.8) is 0 Å². The van der Waals surface area contributed by atoms with Crippen molar-refractivity contribution >= 4 is 0 Å². The molecule has 0 aliphatic heterocycles. The Morgan fingerprint density at radius 3 is 2.33 bits per heavy atom. The van der Waals surface area contributed by atoms with Gasteiger partial charge in [0.05, 0.1) is 0 Å². The zero-order chi connectivity index (χ0) is 7.11. The summed E-state index contributed by atoms with van der Waals surface area (Å²) < 4.78 is 1.04. The van der Waals surface area contributed by atoms with E-state index in [0.29, 0.717) is 0 Å². The number of hydrogen-bond donors (Lipinski definition) is 0. The fourth-order valence-electron chi connectivity index (χ4n) is 0.877. The van der Waals surface area contributed by atoms with Crippen LogP contribution in [0.5, 0.6) is 0 Å². The van der Waals surface area contributed by atoms with E-state index in [1.165, 1.54) is 56.5 Å². The van der Waals surface area contributed by atoms with Crippen molar-refractivity contribution in [1.29, 1.82) is 0 Å². The molecule has 0 radical (unpaired) electrons. The molecule has 0 rings (SSSR count). The number of rotatable bonds is 5. The van der Waals surface area contributed by atoms with Gasteiger partial charge in [0.2, 0.25) is 0 Å². The van der Waals surface area contributed by atoms with Crippen LogP contribution in [0.25, 0.3) is 0 Å². The molecule has 0 saturated heterocycles. The Morgan fingerprint density at radius 2 is 1.89 bits per heavy atom. The van der Waals surface area contributed by atoms with Crippen molar-refractivity contribution in [2.24, 2.45) is 0 Å². The van der Waals surface area contributed by atoms with E-state index < -0.39 is 0 Å². The fourth-order valence-corrected chi connectivity index (χ4v) is 1.61. The van der Waals surface area contributed by atoms with Gasteiger partial charge in [-0.25, -0.2) is 0 Å². The van der Waals surface area contributed by atoms with Crippen molar-refractivity contribution in [3.8, 4) is 0 Å². The molecule has 0 aromatic heterocycles. The van der Waals surface area contributed by atoms with Crippen LogP contribution in [0, 0.1) is 0 Å². The molecule has 0 aromatic carbocycles. The van der Waals surface area contributed by atoms with E-state index in [4.69, 9.17) is 0 Å². The van der Waals surface area contributed by atoms with E-state index in [2.05, 4.69) is 13.8 Å². The fraction of sp³-hybridized carbons (Fsp3) is 1.00. The third kappa shape index (κ3) is 8.87. The molecule has 1 unspecified atom stereocenters. The maximum atomic E-state index is 2.36. The normalized spacial score (nSPS) is 13.4. The molecule has 0 N–H and O–H groups in total. The predicted molar refractivity (Wildman–Crippen MR) is 38.2 cm³/mol. The van der Waals surface area contributed by atoms with Gasteiger partial charge < -0.3 is 0 Å². The second kappa shape index (κ2) is 6.98. The summed E-state index contributed by atoms with van der Waals surface area (Å²) in [5.41, 5.74) is 0. The van der Waals surface area contributed by atoms with Crippen LogP contribution in [0.15, 0.2) is 0 Å². The summed E-state index contributed by atoms with van der Waals surface area (Å²) in [5.74, 6) is 0. The van der Waals surface area contributed by atoms with Crippen LogP contribution >= 0.6 is 0 Å². The minimum absolute atomic E-state index is 1.04. The van der Waals surface area contributed by atoms with Gasteiger partial charge >= 0.3 is 74.0 Å². The van der Waals surface area contributed by atoms with Gasteiger partial charge in [0.1, 0.15) is 0 Å². The summed E-state index contributed by atoms with van der Waals surface area (Å²) >= 11 is 1.39. The molecule has 0 nitrogen and oxygen atoms in total. The van der Waals surface area contributed by atoms with Crippen LogP contribution in [-0.2, 0) is 24.4 Å². The third-order valence-electron chi connectivity index (χ3n) is 1.49. The van der Waals surface area contributed by atoms with E-state index in [1.807, 2.05) is 0 Å². The molecule has 0 heterocycles. The molecule has 0 aliphatic rings. The van der Waals surface area contributed by atoms with Gasteiger partial charge in [-0.2, -0.15) is 0 Å². The average Bonchev–Trinajstić information content (AvgIpc) is 1.80. The second-order valence-corrected chi connectivity index (χ2v) is 6.29. The molecule has 0 fully saturated rings. The van der Waals surface area contributed by atoms with Gasteiger partial charge in [-0.3, -0.25) is 0 Å². The van der Waals surface area contributed by atoms with Gasteiger partial charge in [0, 0.05) is 0 Å². The van der Waals surface area contributed by atoms with Gasteiger partial charge in [-0.05, 0) is 0 Å². The van der Waals surface area contributed by atoms with Crippen LogP contribution in [-0.4, -0.2) is 0 Å². The van der Waals surface area contributed by atoms with Crippen molar-refractivity contribution in [2.75, 3.05) is 0 Å². The van der Waals surface area contributed by atoms with Gasteiger partial charge in [0.25, 0.3) is 0 Å². The Balaban J connectivity index is 2.75. The Hall–Kier alpha value is 0.870. The average molecular weight is 292 g/mol. The van der Waals surface area contributed by atoms with Crippen molar-refractivity contribution in [1.82, 2.24) is 0 Å². The molecule has 0 saturated carbocycles. The minimum atomic E-state index is 1.04. The summed E-state index contributed by atoms with van der Waals surface area (Å²) in [4.78, 5) is 0. The summed E-state index contributed by atoms with van der Waals surface area (Å²) in [6, 6.07) is 0. The first kappa shape index (κ1) is 9.87. The number of unbranched alkanes of at least 4 members (excludes halogenated alkanes) is 3.